The molecule has 18 heavy (non-hydrogen) atoms. The van der Waals surface area contributed by atoms with Gasteiger partial charge in [0.05, 0.1) is 11.7 Å². The summed E-state index contributed by atoms with van der Waals surface area (Å²) in [6, 6.07) is 11.1. The Bertz CT molecular complexity index is 532. The van der Waals surface area contributed by atoms with Gasteiger partial charge in [-0.15, -0.1) is 0 Å². The zero-order chi connectivity index (χ0) is 12.4. The third-order valence-corrected chi connectivity index (χ3v) is 3.47. The van der Waals surface area contributed by atoms with Crippen LogP contribution in [0.2, 0.25) is 0 Å². The van der Waals surface area contributed by atoms with Crippen LogP contribution in [0.5, 0.6) is 0 Å². The number of hydrogen-bond acceptors (Lipinski definition) is 3. The van der Waals surface area contributed by atoms with Gasteiger partial charge in [0.25, 0.3) is 0 Å². The molecule has 3 nitrogen and oxygen atoms in total. The van der Waals surface area contributed by atoms with Gasteiger partial charge in [-0.1, -0.05) is 24.3 Å². The SMILES string of the molecule is OCCC(NC1CC1)c1nccc2ccccc12. The van der Waals surface area contributed by atoms with E-state index in [1.54, 1.807) is 0 Å². The number of rotatable bonds is 5. The molecule has 0 saturated heterocycles. The minimum Gasteiger partial charge on any atom is -0.396 e. The summed E-state index contributed by atoms with van der Waals surface area (Å²) >= 11 is 0. The molecule has 1 aromatic heterocycles. The quantitative estimate of drug-likeness (QED) is 0.846. The van der Waals surface area contributed by atoms with Crippen LogP contribution in [0.3, 0.4) is 0 Å². The maximum atomic E-state index is 9.24. The maximum Gasteiger partial charge on any atom is 0.0652 e. The molecule has 2 N–H and O–H groups in total. The lowest BCUT2D eigenvalue weighted by Gasteiger charge is -2.18. The lowest BCUT2D eigenvalue weighted by molar-refractivity contribution is 0.264. The number of nitrogens with zero attached hydrogens (tertiary/aromatic N) is 1. The van der Waals surface area contributed by atoms with E-state index in [0.29, 0.717) is 6.04 Å². The van der Waals surface area contributed by atoms with E-state index >= 15 is 0 Å². The van der Waals surface area contributed by atoms with Crippen molar-refractivity contribution in [1.29, 1.82) is 0 Å². The van der Waals surface area contributed by atoms with Gasteiger partial charge < -0.3 is 10.4 Å². The molecule has 2 aromatic rings. The van der Waals surface area contributed by atoms with Crippen molar-refractivity contribution in [3.05, 3.63) is 42.2 Å². The average Bonchev–Trinajstić information content (AvgIpc) is 3.22. The highest BCUT2D eigenvalue weighted by molar-refractivity contribution is 5.84. The van der Waals surface area contributed by atoms with Gasteiger partial charge in [0.15, 0.2) is 0 Å². The van der Waals surface area contributed by atoms with Crippen molar-refractivity contribution in [3.63, 3.8) is 0 Å². The number of aromatic nitrogens is 1. The molecule has 0 bridgehead atoms. The van der Waals surface area contributed by atoms with Gasteiger partial charge >= 0.3 is 0 Å². The molecule has 1 fully saturated rings. The molecule has 0 spiro atoms. The molecule has 0 aliphatic heterocycles. The third kappa shape index (κ3) is 2.37. The smallest absolute Gasteiger partial charge is 0.0652 e. The van der Waals surface area contributed by atoms with Gasteiger partial charge in [0.1, 0.15) is 0 Å². The third-order valence-electron chi connectivity index (χ3n) is 3.47. The fourth-order valence-corrected chi connectivity index (χ4v) is 2.38. The molecule has 1 aliphatic carbocycles. The number of nitrogens with one attached hydrogen (secondary N) is 1. The second-order valence-electron chi connectivity index (χ2n) is 4.92. The van der Waals surface area contributed by atoms with Gasteiger partial charge in [0.2, 0.25) is 0 Å². The lowest BCUT2D eigenvalue weighted by atomic mass is 10.0. The molecule has 0 amide bonds. The normalized spacial score (nSPS) is 16.9. The van der Waals surface area contributed by atoms with Crippen molar-refractivity contribution in [2.24, 2.45) is 0 Å². The van der Waals surface area contributed by atoms with Gasteiger partial charge in [-0.2, -0.15) is 0 Å². The number of hydrogen-bond donors (Lipinski definition) is 2. The van der Waals surface area contributed by atoms with Gasteiger partial charge in [0, 0.05) is 24.2 Å². The van der Waals surface area contributed by atoms with E-state index < -0.39 is 0 Å². The summed E-state index contributed by atoms with van der Waals surface area (Å²) in [6.07, 6.45) is 5.06. The van der Waals surface area contributed by atoms with E-state index in [9.17, 15) is 5.11 Å². The highest BCUT2D eigenvalue weighted by Gasteiger charge is 2.26. The summed E-state index contributed by atoms with van der Waals surface area (Å²) in [4.78, 5) is 4.53. The van der Waals surface area contributed by atoms with Crippen molar-refractivity contribution in [2.75, 3.05) is 6.61 Å². The van der Waals surface area contributed by atoms with E-state index in [2.05, 4.69) is 22.4 Å². The first-order valence-corrected chi connectivity index (χ1v) is 6.59. The largest absolute Gasteiger partial charge is 0.396 e. The summed E-state index contributed by atoms with van der Waals surface area (Å²) in [5.41, 5.74) is 1.06. The second kappa shape index (κ2) is 5.04. The van der Waals surface area contributed by atoms with Crippen molar-refractivity contribution in [3.8, 4) is 0 Å². The molecule has 1 aliphatic rings. The van der Waals surface area contributed by atoms with Crippen LogP contribution in [0.15, 0.2) is 36.5 Å². The topological polar surface area (TPSA) is 45.1 Å². The van der Waals surface area contributed by atoms with E-state index in [1.807, 2.05) is 24.4 Å². The number of benzene rings is 1. The van der Waals surface area contributed by atoms with E-state index in [0.717, 1.165) is 12.1 Å². The van der Waals surface area contributed by atoms with Crippen LogP contribution in [0.1, 0.15) is 31.0 Å². The van der Waals surface area contributed by atoms with E-state index in [4.69, 9.17) is 0 Å². The van der Waals surface area contributed by atoms with Crippen LogP contribution in [0.4, 0.5) is 0 Å². The second-order valence-corrected chi connectivity index (χ2v) is 4.92. The van der Waals surface area contributed by atoms with Gasteiger partial charge in [-0.25, -0.2) is 0 Å². The van der Waals surface area contributed by atoms with Crippen molar-refractivity contribution in [2.45, 2.75) is 31.3 Å². The van der Waals surface area contributed by atoms with Crippen molar-refractivity contribution < 1.29 is 5.11 Å². The molecule has 1 saturated carbocycles. The van der Waals surface area contributed by atoms with Crippen LogP contribution in [0.25, 0.3) is 10.8 Å². The molecule has 94 valence electrons. The highest BCUT2D eigenvalue weighted by Crippen LogP contribution is 2.28. The molecular formula is C15H18N2O. The minimum atomic E-state index is 0.161. The molecule has 1 unspecified atom stereocenters. The van der Waals surface area contributed by atoms with Crippen LogP contribution in [-0.4, -0.2) is 22.7 Å². The predicted molar refractivity (Wildman–Crippen MR) is 72.3 cm³/mol. The van der Waals surface area contributed by atoms with Crippen molar-refractivity contribution in [1.82, 2.24) is 10.3 Å². The Morgan fingerprint density at radius 2 is 2.11 bits per heavy atom. The molecule has 0 radical (unpaired) electrons. The zero-order valence-corrected chi connectivity index (χ0v) is 10.3. The molecule has 1 heterocycles. The number of aliphatic hydroxyl groups excluding tert-OH is 1. The van der Waals surface area contributed by atoms with Crippen molar-refractivity contribution >= 4 is 10.8 Å². The number of pyridine rings is 1. The number of aliphatic hydroxyl groups is 1. The summed E-state index contributed by atoms with van der Waals surface area (Å²) in [7, 11) is 0. The predicted octanol–water partition coefficient (Wildman–Crippen LogP) is 2.41. The summed E-state index contributed by atoms with van der Waals surface area (Å²) in [5.74, 6) is 0. The van der Waals surface area contributed by atoms with Gasteiger partial charge in [-0.3, -0.25) is 4.98 Å². The van der Waals surface area contributed by atoms with Crippen LogP contribution >= 0.6 is 0 Å². The van der Waals surface area contributed by atoms with Crippen LogP contribution in [-0.2, 0) is 0 Å². The summed E-state index contributed by atoms with van der Waals surface area (Å²) < 4.78 is 0. The fraction of sp³-hybridized carbons (Fsp3) is 0.400. The molecular weight excluding hydrogens is 224 g/mol. The minimum absolute atomic E-state index is 0.161. The Kier molecular flexibility index (Phi) is 3.26. The Morgan fingerprint density at radius 1 is 1.28 bits per heavy atom. The van der Waals surface area contributed by atoms with E-state index in [-0.39, 0.29) is 12.6 Å². The molecule has 3 heteroatoms. The Labute approximate surface area is 107 Å². The van der Waals surface area contributed by atoms with Crippen LogP contribution < -0.4 is 5.32 Å². The fourth-order valence-electron chi connectivity index (χ4n) is 2.38. The highest BCUT2D eigenvalue weighted by atomic mass is 16.3. The van der Waals surface area contributed by atoms with Crippen LogP contribution in [0, 0.1) is 0 Å². The summed E-state index contributed by atoms with van der Waals surface area (Å²) in [6.45, 7) is 0.190. The zero-order valence-electron chi connectivity index (χ0n) is 10.3. The molecule has 1 aromatic carbocycles. The van der Waals surface area contributed by atoms with Gasteiger partial charge in [-0.05, 0) is 30.7 Å². The van der Waals surface area contributed by atoms with E-state index in [1.165, 1.54) is 23.6 Å². The maximum absolute atomic E-state index is 9.24. The monoisotopic (exact) mass is 242 g/mol. The first kappa shape index (κ1) is 11.6. The Hall–Kier alpha value is -1.45. The summed E-state index contributed by atoms with van der Waals surface area (Å²) in [5, 5.41) is 15.2. The standard InChI is InChI=1S/C15H18N2O/c18-10-8-14(17-12-5-6-12)15-13-4-2-1-3-11(13)7-9-16-15/h1-4,7,9,12,14,17-18H,5-6,8,10H2. The average molecular weight is 242 g/mol. The first-order chi connectivity index (χ1) is 8.88. The number of fused-ring (bicyclic) bond motifs is 1. The first-order valence-electron chi connectivity index (χ1n) is 6.59. The Balaban J connectivity index is 1.98. The Morgan fingerprint density at radius 3 is 2.89 bits per heavy atom. The molecule has 1 atom stereocenters. The molecule has 3 rings (SSSR count). The lowest BCUT2D eigenvalue weighted by Crippen LogP contribution is -2.25.